The first-order chi connectivity index (χ1) is 11.1. The van der Waals surface area contributed by atoms with Crippen LogP contribution in [0.1, 0.15) is 32.8 Å². The molecule has 7 heteroatoms. The highest BCUT2D eigenvalue weighted by Gasteiger charge is 2.22. The molecule has 0 aromatic heterocycles. The maximum absolute atomic E-state index is 12.0. The molecule has 0 radical (unpaired) electrons. The van der Waals surface area contributed by atoms with Gasteiger partial charge in [-0.3, -0.25) is 14.4 Å². The Morgan fingerprint density at radius 1 is 1.17 bits per heavy atom. The molecule has 0 aliphatic rings. The van der Waals surface area contributed by atoms with Gasteiger partial charge in [0.15, 0.2) is 0 Å². The number of primary amides is 1. The first-order valence-electron chi connectivity index (χ1n) is 7.72. The normalized spacial score (nSPS) is 12.5. The molecule has 1 aromatic carbocycles. The van der Waals surface area contributed by atoms with Crippen LogP contribution in [0.25, 0.3) is 0 Å². The molecule has 0 saturated carbocycles. The van der Waals surface area contributed by atoms with E-state index in [2.05, 4.69) is 5.32 Å². The summed E-state index contributed by atoms with van der Waals surface area (Å²) in [6.07, 6.45) is 0.943. The fraction of sp³-hybridized carbons (Fsp3) is 0.471. The van der Waals surface area contributed by atoms with Gasteiger partial charge in [-0.25, -0.2) is 0 Å². The third-order valence-electron chi connectivity index (χ3n) is 3.00. The number of hydrogen-bond acceptors (Lipinski definition) is 4. The van der Waals surface area contributed by atoms with Crippen LogP contribution >= 0.6 is 0 Å². The number of carboxylic acid groups (broad SMARTS) is 1. The van der Waals surface area contributed by atoms with Crippen molar-refractivity contribution in [2.45, 2.75) is 45.7 Å². The number of carboxylic acids is 1. The second-order valence-corrected chi connectivity index (χ2v) is 5.91. The number of nitrogens with one attached hydrogen (secondary N) is 1. The lowest BCUT2D eigenvalue weighted by Gasteiger charge is -2.20. The standard InChI is InChI=1S/C15H23N3O2.C2H4O2/c1-10(2)8-13(14(17)19)18-15(20)12(16)9-11-6-4-3-5-7-11;1-2(3)4/h3-7,10,12-13H,8-9,16H2,1-2H3,(H2,17,19)(H,18,20);1H3,(H,3,4)/t12-,13-;/m1./s1. The molecule has 0 bridgehead atoms. The molecule has 2 atom stereocenters. The fourth-order valence-corrected chi connectivity index (χ4v) is 1.96. The van der Waals surface area contributed by atoms with Crippen LogP contribution < -0.4 is 16.8 Å². The maximum Gasteiger partial charge on any atom is 0.300 e. The van der Waals surface area contributed by atoms with Crippen LogP contribution in [-0.4, -0.2) is 35.0 Å². The van der Waals surface area contributed by atoms with E-state index in [0.29, 0.717) is 12.8 Å². The minimum atomic E-state index is -0.833. The van der Waals surface area contributed by atoms with Gasteiger partial charge < -0.3 is 21.9 Å². The first kappa shape index (κ1) is 21.6. The Morgan fingerprint density at radius 3 is 2.08 bits per heavy atom. The Labute approximate surface area is 142 Å². The summed E-state index contributed by atoms with van der Waals surface area (Å²) in [6, 6.07) is 8.16. The number of amides is 2. The molecular weight excluding hydrogens is 310 g/mol. The molecule has 1 aromatic rings. The van der Waals surface area contributed by atoms with Crippen molar-refractivity contribution in [1.82, 2.24) is 5.32 Å². The number of carbonyl (C=O) groups is 3. The molecule has 1 rings (SSSR count). The van der Waals surface area contributed by atoms with Gasteiger partial charge in [-0.1, -0.05) is 44.2 Å². The molecule has 0 unspecified atom stereocenters. The number of nitrogens with two attached hydrogens (primary N) is 2. The van der Waals surface area contributed by atoms with Crippen LogP contribution in [0.15, 0.2) is 30.3 Å². The van der Waals surface area contributed by atoms with Crippen LogP contribution in [0.3, 0.4) is 0 Å². The van der Waals surface area contributed by atoms with E-state index in [0.717, 1.165) is 12.5 Å². The Morgan fingerprint density at radius 2 is 1.67 bits per heavy atom. The van der Waals surface area contributed by atoms with Gasteiger partial charge in [0.1, 0.15) is 6.04 Å². The molecule has 0 fully saturated rings. The van der Waals surface area contributed by atoms with Gasteiger partial charge in [0.25, 0.3) is 5.97 Å². The van der Waals surface area contributed by atoms with E-state index in [1.807, 2.05) is 44.2 Å². The molecule has 24 heavy (non-hydrogen) atoms. The van der Waals surface area contributed by atoms with E-state index >= 15 is 0 Å². The summed E-state index contributed by atoms with van der Waals surface area (Å²) in [7, 11) is 0. The van der Waals surface area contributed by atoms with Crippen LogP contribution in [0.2, 0.25) is 0 Å². The van der Waals surface area contributed by atoms with Crippen molar-refractivity contribution in [3.8, 4) is 0 Å². The van der Waals surface area contributed by atoms with Crippen LogP contribution in [0.4, 0.5) is 0 Å². The number of carbonyl (C=O) groups excluding carboxylic acids is 2. The Kier molecular flexibility index (Phi) is 10.1. The second-order valence-electron chi connectivity index (χ2n) is 5.91. The SMILES string of the molecule is CC(=O)O.CC(C)C[C@@H](NC(=O)[C@H](N)Cc1ccccc1)C(N)=O. The summed E-state index contributed by atoms with van der Waals surface area (Å²) in [4.78, 5) is 32.3. The smallest absolute Gasteiger partial charge is 0.300 e. The van der Waals surface area contributed by atoms with E-state index in [4.69, 9.17) is 21.4 Å². The molecular formula is C17H27N3O4. The van der Waals surface area contributed by atoms with Crippen LogP contribution in [0.5, 0.6) is 0 Å². The van der Waals surface area contributed by atoms with Gasteiger partial charge in [-0.2, -0.15) is 0 Å². The molecule has 0 aliphatic heterocycles. The fourth-order valence-electron chi connectivity index (χ4n) is 1.96. The van der Waals surface area contributed by atoms with Crippen molar-refractivity contribution in [2.24, 2.45) is 17.4 Å². The number of hydrogen-bond donors (Lipinski definition) is 4. The zero-order valence-electron chi connectivity index (χ0n) is 14.4. The molecule has 0 heterocycles. The van der Waals surface area contributed by atoms with Crippen molar-refractivity contribution >= 4 is 17.8 Å². The van der Waals surface area contributed by atoms with Gasteiger partial charge in [0, 0.05) is 6.92 Å². The van der Waals surface area contributed by atoms with Gasteiger partial charge in [0.2, 0.25) is 11.8 Å². The second kappa shape index (κ2) is 11.2. The predicted molar refractivity (Wildman–Crippen MR) is 92.0 cm³/mol. The molecule has 7 nitrogen and oxygen atoms in total. The summed E-state index contributed by atoms with van der Waals surface area (Å²) >= 11 is 0. The molecule has 2 amide bonds. The predicted octanol–water partition coefficient (Wildman–Crippen LogP) is 0.664. The lowest BCUT2D eigenvalue weighted by Crippen LogP contribution is -2.51. The Balaban J connectivity index is 0.00000118. The Bertz CT molecular complexity index is 528. The van der Waals surface area contributed by atoms with Crippen molar-refractivity contribution in [3.63, 3.8) is 0 Å². The van der Waals surface area contributed by atoms with Gasteiger partial charge >= 0.3 is 0 Å². The van der Waals surface area contributed by atoms with Gasteiger partial charge in [-0.15, -0.1) is 0 Å². The summed E-state index contributed by atoms with van der Waals surface area (Å²) in [5.41, 5.74) is 12.1. The summed E-state index contributed by atoms with van der Waals surface area (Å²) in [6.45, 7) is 5.01. The summed E-state index contributed by atoms with van der Waals surface area (Å²) in [5, 5.41) is 10.0. The highest BCUT2D eigenvalue weighted by molar-refractivity contribution is 5.89. The first-order valence-corrected chi connectivity index (χ1v) is 7.72. The van der Waals surface area contributed by atoms with Crippen molar-refractivity contribution in [1.29, 1.82) is 0 Å². The number of aliphatic carboxylic acids is 1. The van der Waals surface area contributed by atoms with Crippen LogP contribution in [0, 0.1) is 5.92 Å². The highest BCUT2D eigenvalue weighted by Crippen LogP contribution is 2.06. The van der Waals surface area contributed by atoms with Crippen molar-refractivity contribution < 1.29 is 19.5 Å². The lowest BCUT2D eigenvalue weighted by atomic mass is 10.0. The average Bonchev–Trinajstić information content (AvgIpc) is 2.46. The molecule has 0 spiro atoms. The van der Waals surface area contributed by atoms with Crippen molar-refractivity contribution in [2.75, 3.05) is 0 Å². The monoisotopic (exact) mass is 337 g/mol. The topological polar surface area (TPSA) is 136 Å². The molecule has 0 saturated heterocycles. The number of benzene rings is 1. The maximum atomic E-state index is 12.0. The van der Waals surface area contributed by atoms with Gasteiger partial charge in [-0.05, 0) is 24.3 Å². The third-order valence-corrected chi connectivity index (χ3v) is 3.00. The molecule has 0 aliphatic carbocycles. The van der Waals surface area contributed by atoms with Crippen molar-refractivity contribution in [3.05, 3.63) is 35.9 Å². The minimum Gasteiger partial charge on any atom is -0.481 e. The zero-order valence-corrected chi connectivity index (χ0v) is 14.4. The van der Waals surface area contributed by atoms with E-state index in [1.54, 1.807) is 0 Å². The number of rotatable bonds is 7. The highest BCUT2D eigenvalue weighted by atomic mass is 16.4. The van der Waals surface area contributed by atoms with E-state index in [-0.39, 0.29) is 11.8 Å². The van der Waals surface area contributed by atoms with E-state index < -0.39 is 24.0 Å². The lowest BCUT2D eigenvalue weighted by molar-refractivity contribution is -0.134. The zero-order chi connectivity index (χ0) is 18.7. The average molecular weight is 337 g/mol. The van der Waals surface area contributed by atoms with E-state index in [9.17, 15) is 9.59 Å². The molecule has 6 N–H and O–H groups in total. The molecule has 134 valence electrons. The summed E-state index contributed by atoms with van der Waals surface area (Å²) in [5.74, 6) is -1.45. The van der Waals surface area contributed by atoms with E-state index in [1.165, 1.54) is 0 Å². The quantitative estimate of drug-likeness (QED) is 0.579. The summed E-state index contributed by atoms with van der Waals surface area (Å²) < 4.78 is 0. The largest absolute Gasteiger partial charge is 0.481 e. The Hall–Kier alpha value is -2.41. The third kappa shape index (κ3) is 10.3. The minimum absolute atomic E-state index is 0.262. The van der Waals surface area contributed by atoms with Crippen LogP contribution in [-0.2, 0) is 20.8 Å². The van der Waals surface area contributed by atoms with Gasteiger partial charge in [0.05, 0.1) is 6.04 Å².